The lowest BCUT2D eigenvalue weighted by atomic mass is 9.76. The van der Waals surface area contributed by atoms with Gasteiger partial charge in [-0.15, -0.1) is 0 Å². The number of carbonyl (C=O) groups is 2. The first-order chi connectivity index (χ1) is 22.9. The summed E-state index contributed by atoms with van der Waals surface area (Å²) in [5.74, 6) is -2.77. The maximum absolute atomic E-state index is 13.4. The van der Waals surface area contributed by atoms with Gasteiger partial charge in [-0.1, -0.05) is 37.3 Å². The van der Waals surface area contributed by atoms with E-state index in [1.165, 1.54) is 6.92 Å². The molecule has 6 atom stereocenters. The summed E-state index contributed by atoms with van der Waals surface area (Å²) in [6, 6.07) is 11.4. The van der Waals surface area contributed by atoms with Crippen molar-refractivity contribution in [3.63, 3.8) is 0 Å². The number of carboxylic acid groups (broad SMARTS) is 1. The summed E-state index contributed by atoms with van der Waals surface area (Å²) in [6.07, 6.45) is -4.33. The maximum Gasteiger partial charge on any atom is 0.335 e. The van der Waals surface area contributed by atoms with Gasteiger partial charge in [-0.05, 0) is 68.6 Å². The largest absolute Gasteiger partial charge is 0.507 e. The van der Waals surface area contributed by atoms with Crippen LogP contribution in [-0.4, -0.2) is 97.5 Å². The van der Waals surface area contributed by atoms with Crippen molar-refractivity contribution in [2.24, 2.45) is 11.8 Å². The second-order valence-corrected chi connectivity index (χ2v) is 13.0. The van der Waals surface area contributed by atoms with Gasteiger partial charge in [-0.3, -0.25) is 4.79 Å². The first kappa shape index (κ1) is 35.5. The number of aromatic hydroxyl groups is 2. The van der Waals surface area contributed by atoms with Crippen molar-refractivity contribution in [2.45, 2.75) is 82.6 Å². The van der Waals surface area contributed by atoms with Gasteiger partial charge in [0.05, 0.1) is 23.1 Å². The maximum atomic E-state index is 13.4. The van der Waals surface area contributed by atoms with Crippen molar-refractivity contribution in [2.75, 3.05) is 19.8 Å². The molecule has 0 aliphatic carbocycles. The van der Waals surface area contributed by atoms with E-state index in [0.717, 1.165) is 30.5 Å². The highest BCUT2D eigenvalue weighted by atomic mass is 16.7. The first-order valence-electron chi connectivity index (χ1n) is 16.3. The Morgan fingerprint density at radius 3 is 2.40 bits per heavy atom. The lowest BCUT2D eigenvalue weighted by Gasteiger charge is -2.48. The van der Waals surface area contributed by atoms with Crippen molar-refractivity contribution in [1.82, 2.24) is 0 Å². The van der Waals surface area contributed by atoms with E-state index < -0.39 is 60.1 Å². The van der Waals surface area contributed by atoms with Crippen LogP contribution in [0.4, 0.5) is 0 Å². The summed E-state index contributed by atoms with van der Waals surface area (Å²) in [5, 5.41) is 76.3. The predicted octanol–water partition coefficient (Wildman–Crippen LogP) is 3.46. The van der Waals surface area contributed by atoms with E-state index in [1.807, 2.05) is 37.3 Å². The molecule has 0 spiro atoms. The van der Waals surface area contributed by atoms with Crippen molar-refractivity contribution in [3.8, 4) is 17.2 Å². The number of aromatic carboxylic acids is 1. The molecule has 0 radical (unpaired) electrons. The lowest BCUT2D eigenvalue weighted by molar-refractivity contribution is -0.315. The van der Waals surface area contributed by atoms with Crippen molar-refractivity contribution in [3.05, 3.63) is 64.7 Å². The van der Waals surface area contributed by atoms with Gasteiger partial charge in [0.1, 0.15) is 41.2 Å². The summed E-state index contributed by atoms with van der Waals surface area (Å²) in [5.41, 5.74) is -1.65. The van der Waals surface area contributed by atoms with E-state index in [2.05, 4.69) is 0 Å². The molecule has 0 aromatic heterocycles. The van der Waals surface area contributed by atoms with Crippen LogP contribution in [0, 0.1) is 18.8 Å². The van der Waals surface area contributed by atoms with Crippen molar-refractivity contribution >= 4 is 22.5 Å². The number of Topliss-reactive ketones (excluding diaryl/α,β-unsaturated/α-hetero) is 1. The number of aliphatic hydroxyl groups excluding tert-OH is 3. The van der Waals surface area contributed by atoms with Gasteiger partial charge in [0.2, 0.25) is 6.29 Å². The number of aryl methyl sites for hydroxylation is 1. The van der Waals surface area contributed by atoms with Crippen LogP contribution in [0.2, 0.25) is 0 Å². The molecule has 260 valence electrons. The molecule has 3 aromatic carbocycles. The van der Waals surface area contributed by atoms with Crippen LogP contribution < -0.4 is 4.74 Å². The second kappa shape index (κ2) is 14.8. The molecule has 0 amide bonds. The Morgan fingerprint density at radius 1 is 1.06 bits per heavy atom. The van der Waals surface area contributed by atoms with E-state index in [1.54, 1.807) is 0 Å². The average Bonchev–Trinajstić information content (AvgIpc) is 3.09. The van der Waals surface area contributed by atoms with Crippen LogP contribution in [0.15, 0.2) is 42.5 Å². The van der Waals surface area contributed by atoms with Gasteiger partial charge >= 0.3 is 5.97 Å². The van der Waals surface area contributed by atoms with Crippen LogP contribution in [-0.2, 0) is 15.9 Å². The third kappa shape index (κ3) is 7.00. The standard InChI is InChI=1S/C36H44O12/c1-19(22-11-14-46-15-12-22)10-13-36(45)27(18-37)48-35(32(41)33(36)42)47-26-17-23(34(43)44)16-24-29(26)31(40)28(20(2)30(24)39)25(38)9-8-21-6-4-3-5-7-21/h3-7,16-17,19,22,27,32-33,35,37,39-42,45H,8-15,18H2,1-2H3,(H,43,44)/t19-,27-,32-,33-,35-,36-/m1/s1. The highest BCUT2D eigenvalue weighted by Crippen LogP contribution is 2.46. The minimum absolute atomic E-state index is 0.00151. The minimum Gasteiger partial charge on any atom is -0.507 e. The van der Waals surface area contributed by atoms with E-state index in [0.29, 0.717) is 32.0 Å². The third-order valence-corrected chi connectivity index (χ3v) is 10.0. The molecule has 2 fully saturated rings. The number of phenolic OH excluding ortho intramolecular Hbond substituents is 2. The number of hydrogen-bond acceptors (Lipinski definition) is 11. The Balaban J connectivity index is 1.46. The number of carbonyl (C=O) groups excluding carboxylic acids is 1. The fourth-order valence-electron chi connectivity index (χ4n) is 6.96. The molecule has 2 heterocycles. The van der Waals surface area contributed by atoms with Gasteiger partial charge in [0.15, 0.2) is 5.78 Å². The summed E-state index contributed by atoms with van der Waals surface area (Å²) < 4.78 is 17.2. The molecule has 12 heteroatoms. The number of phenols is 2. The van der Waals surface area contributed by atoms with Crippen LogP contribution in [0.5, 0.6) is 17.2 Å². The van der Waals surface area contributed by atoms with Gasteiger partial charge in [-0.2, -0.15) is 0 Å². The van der Waals surface area contributed by atoms with Gasteiger partial charge in [0.25, 0.3) is 0 Å². The SMILES string of the molecule is Cc1c(C(=O)CCc2ccccc2)c(O)c2c(O[C@@H]3O[C@H](CO)[C@](O)(CC[C@@H](C)C4CCOCC4)[C@H](O)[C@H]3O)cc(C(=O)O)cc2c1O. The Hall–Kier alpha value is -3.78. The molecule has 12 nitrogen and oxygen atoms in total. The number of benzene rings is 3. The number of carboxylic acids is 1. The lowest BCUT2D eigenvalue weighted by Crippen LogP contribution is -2.67. The molecule has 0 saturated carbocycles. The average molecular weight is 669 g/mol. The number of hydrogen-bond donors (Lipinski definition) is 7. The number of ketones is 1. The van der Waals surface area contributed by atoms with Crippen LogP contribution >= 0.6 is 0 Å². The predicted molar refractivity (Wildman–Crippen MR) is 173 cm³/mol. The summed E-state index contributed by atoms with van der Waals surface area (Å²) in [4.78, 5) is 25.5. The zero-order chi connectivity index (χ0) is 34.7. The number of fused-ring (bicyclic) bond motifs is 1. The molecule has 0 bridgehead atoms. The quantitative estimate of drug-likeness (QED) is 0.110. The summed E-state index contributed by atoms with van der Waals surface area (Å²) in [7, 11) is 0. The fourth-order valence-corrected chi connectivity index (χ4v) is 6.96. The Bertz CT molecular complexity index is 1610. The van der Waals surface area contributed by atoms with Crippen molar-refractivity contribution < 1.29 is 59.5 Å². The van der Waals surface area contributed by atoms with Gasteiger partial charge in [0, 0.05) is 30.6 Å². The van der Waals surface area contributed by atoms with Crippen LogP contribution in [0.25, 0.3) is 10.8 Å². The molecule has 2 aliphatic heterocycles. The monoisotopic (exact) mass is 668 g/mol. The van der Waals surface area contributed by atoms with Crippen molar-refractivity contribution in [1.29, 1.82) is 0 Å². The second-order valence-electron chi connectivity index (χ2n) is 13.0. The van der Waals surface area contributed by atoms with Crippen LogP contribution in [0.1, 0.15) is 70.9 Å². The molecular weight excluding hydrogens is 624 g/mol. The topological polar surface area (TPSA) is 203 Å². The molecule has 5 rings (SSSR count). The number of ether oxygens (including phenoxy) is 3. The van der Waals surface area contributed by atoms with Gasteiger partial charge in [-0.25, -0.2) is 4.79 Å². The fraction of sp³-hybridized carbons (Fsp3) is 0.500. The highest BCUT2D eigenvalue weighted by molar-refractivity contribution is 6.11. The third-order valence-electron chi connectivity index (χ3n) is 10.0. The molecule has 2 saturated heterocycles. The molecule has 48 heavy (non-hydrogen) atoms. The Kier molecular flexibility index (Phi) is 10.9. The summed E-state index contributed by atoms with van der Waals surface area (Å²) in [6.45, 7) is 4.02. The Labute approximate surface area is 278 Å². The summed E-state index contributed by atoms with van der Waals surface area (Å²) >= 11 is 0. The van der Waals surface area contributed by atoms with E-state index in [9.17, 15) is 45.3 Å². The van der Waals surface area contributed by atoms with E-state index in [4.69, 9.17) is 14.2 Å². The number of aliphatic hydroxyl groups is 4. The molecular formula is C36H44O12. The molecule has 2 aliphatic rings. The molecule has 3 aromatic rings. The zero-order valence-electron chi connectivity index (χ0n) is 27.0. The zero-order valence-corrected chi connectivity index (χ0v) is 27.0. The van der Waals surface area contributed by atoms with E-state index >= 15 is 0 Å². The van der Waals surface area contributed by atoms with E-state index in [-0.39, 0.29) is 52.0 Å². The normalized spacial score (nSPS) is 25.5. The number of rotatable bonds is 12. The first-order valence-corrected chi connectivity index (χ1v) is 16.3. The smallest absolute Gasteiger partial charge is 0.335 e. The minimum atomic E-state index is -2.05. The Morgan fingerprint density at radius 2 is 1.75 bits per heavy atom. The van der Waals surface area contributed by atoms with Crippen LogP contribution in [0.3, 0.4) is 0 Å². The highest BCUT2D eigenvalue weighted by Gasteiger charge is 2.55. The molecule has 7 N–H and O–H groups in total. The van der Waals surface area contributed by atoms with Gasteiger partial charge < -0.3 is 50.0 Å². The molecule has 0 unspecified atom stereocenters.